The van der Waals surface area contributed by atoms with E-state index in [-0.39, 0.29) is 18.2 Å². The molecule has 0 heterocycles. The fraction of sp³-hybridized carbons (Fsp3) is 0.263. The maximum atomic E-state index is 12.3. The van der Waals surface area contributed by atoms with Gasteiger partial charge in [0, 0.05) is 12.3 Å². The molecule has 0 bridgehead atoms. The van der Waals surface area contributed by atoms with Gasteiger partial charge in [-0.3, -0.25) is 4.79 Å². The third-order valence-electron chi connectivity index (χ3n) is 3.83. The van der Waals surface area contributed by atoms with Crippen LogP contribution < -0.4 is 5.32 Å². The van der Waals surface area contributed by atoms with Crippen molar-refractivity contribution in [3.63, 3.8) is 0 Å². The number of carbonyl (C=O) groups excluding carboxylic acids is 1. The zero-order valence-corrected chi connectivity index (χ0v) is 13.1. The van der Waals surface area contributed by atoms with Crippen LogP contribution in [0.25, 0.3) is 0 Å². The molecule has 120 valence electrons. The second kappa shape index (κ2) is 8.13. The molecule has 0 saturated heterocycles. The minimum absolute atomic E-state index is 0.0938. The number of rotatable bonds is 7. The van der Waals surface area contributed by atoms with E-state index in [1.165, 1.54) is 0 Å². The summed E-state index contributed by atoms with van der Waals surface area (Å²) in [6.07, 6.45) is 0.584. The van der Waals surface area contributed by atoms with E-state index >= 15 is 0 Å². The summed E-state index contributed by atoms with van der Waals surface area (Å²) in [6.45, 7) is 1.74. The number of nitrogens with one attached hydrogen (secondary N) is 1. The number of carbonyl (C=O) groups is 2. The molecule has 0 fully saturated rings. The molecular weight excluding hydrogens is 290 g/mol. The summed E-state index contributed by atoms with van der Waals surface area (Å²) >= 11 is 0. The van der Waals surface area contributed by atoms with E-state index in [0.29, 0.717) is 6.42 Å². The Balaban J connectivity index is 2.19. The normalized spacial score (nSPS) is 11.9. The number of hydrogen-bond donors (Lipinski definition) is 2. The highest BCUT2D eigenvalue weighted by molar-refractivity contribution is 5.84. The van der Waals surface area contributed by atoms with E-state index in [2.05, 4.69) is 5.32 Å². The molecule has 2 aromatic carbocycles. The van der Waals surface area contributed by atoms with Crippen LogP contribution in [0, 0.1) is 0 Å². The summed E-state index contributed by atoms with van der Waals surface area (Å²) in [5.74, 6) is -1.35. The van der Waals surface area contributed by atoms with E-state index in [1.54, 1.807) is 6.92 Å². The van der Waals surface area contributed by atoms with Crippen molar-refractivity contribution in [1.82, 2.24) is 5.32 Å². The molecule has 0 spiro atoms. The maximum Gasteiger partial charge on any atom is 0.326 e. The first-order valence-corrected chi connectivity index (χ1v) is 7.74. The van der Waals surface area contributed by atoms with Gasteiger partial charge in [0.1, 0.15) is 6.04 Å². The predicted molar refractivity (Wildman–Crippen MR) is 89.2 cm³/mol. The summed E-state index contributed by atoms with van der Waals surface area (Å²) in [4.78, 5) is 23.4. The molecule has 1 atom stereocenters. The van der Waals surface area contributed by atoms with Crippen molar-refractivity contribution in [2.75, 3.05) is 0 Å². The molecule has 0 radical (unpaired) electrons. The highest BCUT2D eigenvalue weighted by atomic mass is 16.4. The molecule has 0 aliphatic rings. The van der Waals surface area contributed by atoms with Gasteiger partial charge in [-0.2, -0.15) is 0 Å². The number of benzene rings is 2. The van der Waals surface area contributed by atoms with Crippen LogP contribution >= 0.6 is 0 Å². The molecule has 1 unspecified atom stereocenters. The number of carboxylic acid groups (broad SMARTS) is 1. The predicted octanol–water partition coefficient (Wildman–Crippen LogP) is 3.19. The van der Waals surface area contributed by atoms with Gasteiger partial charge in [-0.05, 0) is 17.5 Å². The largest absolute Gasteiger partial charge is 0.480 e. The molecule has 4 nitrogen and oxygen atoms in total. The molecule has 23 heavy (non-hydrogen) atoms. The molecule has 2 aromatic rings. The monoisotopic (exact) mass is 311 g/mol. The van der Waals surface area contributed by atoms with Gasteiger partial charge in [0.15, 0.2) is 0 Å². The second-order valence-corrected chi connectivity index (χ2v) is 5.44. The lowest BCUT2D eigenvalue weighted by Gasteiger charge is -2.19. The van der Waals surface area contributed by atoms with Gasteiger partial charge in [-0.25, -0.2) is 4.79 Å². The Morgan fingerprint density at radius 2 is 1.43 bits per heavy atom. The van der Waals surface area contributed by atoms with Crippen molar-refractivity contribution in [3.8, 4) is 0 Å². The molecule has 2 rings (SSSR count). The smallest absolute Gasteiger partial charge is 0.326 e. The van der Waals surface area contributed by atoms with Gasteiger partial charge in [-0.1, -0.05) is 67.6 Å². The highest BCUT2D eigenvalue weighted by Crippen LogP contribution is 2.27. The zero-order chi connectivity index (χ0) is 16.7. The Morgan fingerprint density at radius 1 is 0.957 bits per heavy atom. The van der Waals surface area contributed by atoms with Crippen LogP contribution in [0.2, 0.25) is 0 Å². The molecule has 2 N–H and O–H groups in total. The Morgan fingerprint density at radius 3 is 1.83 bits per heavy atom. The highest BCUT2D eigenvalue weighted by Gasteiger charge is 2.22. The molecule has 0 aliphatic carbocycles. The molecule has 1 amide bonds. The van der Waals surface area contributed by atoms with Crippen LogP contribution in [0.1, 0.15) is 36.8 Å². The minimum atomic E-state index is -1.00. The van der Waals surface area contributed by atoms with E-state index in [9.17, 15) is 9.59 Å². The molecule has 0 saturated carbocycles. The summed E-state index contributed by atoms with van der Waals surface area (Å²) in [5, 5.41) is 11.7. The standard InChI is InChI=1S/C19H21NO3/c1-2-17(19(22)23)20-18(21)13-16(14-9-5-3-6-10-14)15-11-7-4-8-12-15/h3-12,16-17H,2,13H2,1H3,(H,20,21)(H,22,23). The summed E-state index contributed by atoms with van der Waals surface area (Å²) in [6, 6.07) is 18.7. The molecule has 0 aliphatic heterocycles. The van der Waals surface area contributed by atoms with Crippen LogP contribution in [-0.4, -0.2) is 23.0 Å². The van der Waals surface area contributed by atoms with Crippen LogP contribution in [0.5, 0.6) is 0 Å². The van der Waals surface area contributed by atoms with E-state index in [0.717, 1.165) is 11.1 Å². The topological polar surface area (TPSA) is 66.4 Å². The third kappa shape index (κ3) is 4.68. The van der Waals surface area contributed by atoms with Crippen LogP contribution in [0.4, 0.5) is 0 Å². The van der Waals surface area contributed by atoms with Crippen molar-refractivity contribution in [3.05, 3.63) is 71.8 Å². The third-order valence-corrected chi connectivity index (χ3v) is 3.83. The fourth-order valence-corrected chi connectivity index (χ4v) is 2.58. The first-order valence-electron chi connectivity index (χ1n) is 7.74. The van der Waals surface area contributed by atoms with Crippen LogP contribution in [0.3, 0.4) is 0 Å². The van der Waals surface area contributed by atoms with Crippen molar-refractivity contribution in [2.24, 2.45) is 0 Å². The van der Waals surface area contributed by atoms with Crippen LogP contribution in [-0.2, 0) is 9.59 Å². The Labute approximate surface area is 136 Å². The first-order chi connectivity index (χ1) is 11.1. The van der Waals surface area contributed by atoms with Crippen molar-refractivity contribution >= 4 is 11.9 Å². The van der Waals surface area contributed by atoms with E-state index < -0.39 is 12.0 Å². The summed E-state index contributed by atoms with van der Waals surface area (Å²) in [7, 11) is 0. The average molecular weight is 311 g/mol. The molecule has 4 heteroatoms. The van der Waals surface area contributed by atoms with Gasteiger partial charge in [0.05, 0.1) is 0 Å². The maximum absolute atomic E-state index is 12.3. The SMILES string of the molecule is CCC(NC(=O)CC(c1ccccc1)c1ccccc1)C(=O)O. The lowest BCUT2D eigenvalue weighted by Crippen LogP contribution is -2.40. The minimum Gasteiger partial charge on any atom is -0.480 e. The Hall–Kier alpha value is -2.62. The second-order valence-electron chi connectivity index (χ2n) is 5.44. The van der Waals surface area contributed by atoms with Gasteiger partial charge >= 0.3 is 5.97 Å². The van der Waals surface area contributed by atoms with E-state index in [4.69, 9.17) is 5.11 Å². The Kier molecular flexibility index (Phi) is 5.92. The van der Waals surface area contributed by atoms with Gasteiger partial charge in [0.2, 0.25) is 5.91 Å². The van der Waals surface area contributed by atoms with Crippen molar-refractivity contribution < 1.29 is 14.7 Å². The van der Waals surface area contributed by atoms with Crippen molar-refractivity contribution in [1.29, 1.82) is 0 Å². The lowest BCUT2D eigenvalue weighted by atomic mass is 9.88. The summed E-state index contributed by atoms with van der Waals surface area (Å²) < 4.78 is 0. The van der Waals surface area contributed by atoms with E-state index in [1.807, 2.05) is 60.7 Å². The number of amides is 1. The van der Waals surface area contributed by atoms with Gasteiger partial charge in [0.25, 0.3) is 0 Å². The van der Waals surface area contributed by atoms with Crippen LogP contribution in [0.15, 0.2) is 60.7 Å². The number of aliphatic carboxylic acids is 1. The van der Waals surface area contributed by atoms with Gasteiger partial charge in [-0.15, -0.1) is 0 Å². The van der Waals surface area contributed by atoms with Gasteiger partial charge < -0.3 is 10.4 Å². The fourth-order valence-electron chi connectivity index (χ4n) is 2.58. The zero-order valence-electron chi connectivity index (χ0n) is 13.1. The molecule has 0 aromatic heterocycles. The average Bonchev–Trinajstić information content (AvgIpc) is 2.59. The summed E-state index contributed by atoms with van der Waals surface area (Å²) in [5.41, 5.74) is 2.08. The lowest BCUT2D eigenvalue weighted by molar-refractivity contribution is -0.141. The Bertz CT molecular complexity index is 601. The van der Waals surface area contributed by atoms with Crippen molar-refractivity contribution in [2.45, 2.75) is 31.7 Å². The quantitative estimate of drug-likeness (QED) is 0.825. The molecular formula is C19H21NO3. The number of carboxylic acids is 1. The first kappa shape index (κ1) is 16.7. The number of hydrogen-bond acceptors (Lipinski definition) is 2.